The summed E-state index contributed by atoms with van der Waals surface area (Å²) in [5.41, 5.74) is 1.10. The maximum atomic E-state index is 12.6. The van der Waals surface area contributed by atoms with Gasteiger partial charge >= 0.3 is 0 Å². The van der Waals surface area contributed by atoms with E-state index in [9.17, 15) is 9.59 Å². The Bertz CT molecular complexity index is 836. The third-order valence-corrected chi connectivity index (χ3v) is 3.81. The summed E-state index contributed by atoms with van der Waals surface area (Å²) in [4.78, 5) is 24.6. The molecule has 26 heavy (non-hydrogen) atoms. The summed E-state index contributed by atoms with van der Waals surface area (Å²) in [6, 6.07) is 9.50. The fourth-order valence-corrected chi connectivity index (χ4v) is 2.45. The summed E-state index contributed by atoms with van der Waals surface area (Å²) in [6.07, 6.45) is 1.58. The molecule has 7 heteroatoms. The Kier molecular flexibility index (Phi) is 6.63. The first-order valence-electron chi connectivity index (χ1n) is 7.72. The molecular weight excluding hydrogens is 356 g/mol. The van der Waals surface area contributed by atoms with E-state index < -0.39 is 5.91 Å². The van der Waals surface area contributed by atoms with Crippen LogP contribution < -0.4 is 20.1 Å². The van der Waals surface area contributed by atoms with E-state index in [0.717, 1.165) is 0 Å². The lowest BCUT2D eigenvalue weighted by atomic mass is 10.1. The van der Waals surface area contributed by atoms with Crippen LogP contribution in [-0.4, -0.2) is 32.6 Å². The Hall–Kier alpha value is -2.99. The first kappa shape index (κ1) is 19.3. The van der Waals surface area contributed by atoms with Gasteiger partial charge in [-0.1, -0.05) is 23.7 Å². The number of nitrogens with one attached hydrogen (secondary N) is 2. The van der Waals surface area contributed by atoms with Gasteiger partial charge in [-0.3, -0.25) is 9.59 Å². The second kappa shape index (κ2) is 8.92. The fraction of sp³-hybridized carbons (Fsp3) is 0.158. The van der Waals surface area contributed by atoms with Gasteiger partial charge in [0.25, 0.3) is 11.8 Å². The van der Waals surface area contributed by atoms with Gasteiger partial charge in [-0.05, 0) is 18.2 Å². The highest BCUT2D eigenvalue weighted by atomic mass is 35.5. The summed E-state index contributed by atoms with van der Waals surface area (Å²) in [5.74, 6) is 0.112. The summed E-state index contributed by atoms with van der Waals surface area (Å²) < 4.78 is 10.4. The zero-order valence-electron chi connectivity index (χ0n) is 14.5. The lowest BCUT2D eigenvalue weighted by molar-refractivity contribution is 0.0958. The van der Waals surface area contributed by atoms with Gasteiger partial charge in [0, 0.05) is 29.8 Å². The maximum Gasteiger partial charge on any atom is 0.255 e. The van der Waals surface area contributed by atoms with Gasteiger partial charge in [0.1, 0.15) is 11.5 Å². The average Bonchev–Trinajstić information content (AvgIpc) is 2.66. The molecule has 0 aliphatic heterocycles. The quantitative estimate of drug-likeness (QED) is 0.727. The molecule has 0 saturated carbocycles. The Morgan fingerprint density at radius 1 is 1.08 bits per heavy atom. The highest BCUT2D eigenvalue weighted by Gasteiger charge is 2.15. The number of carbonyl (C=O) groups excluding carboxylic acids is 2. The Labute approximate surface area is 156 Å². The largest absolute Gasteiger partial charge is 0.495 e. The average molecular weight is 375 g/mol. The van der Waals surface area contributed by atoms with Crippen LogP contribution in [0.1, 0.15) is 20.7 Å². The molecule has 0 atom stereocenters. The molecule has 6 nitrogen and oxygen atoms in total. The third-order valence-electron chi connectivity index (χ3n) is 3.52. The molecule has 0 fully saturated rings. The summed E-state index contributed by atoms with van der Waals surface area (Å²) in [7, 11) is 2.95. The fourth-order valence-electron chi connectivity index (χ4n) is 2.22. The predicted octanol–water partition coefficient (Wildman–Crippen LogP) is 3.53. The molecule has 2 N–H and O–H groups in total. The van der Waals surface area contributed by atoms with Crippen LogP contribution in [-0.2, 0) is 0 Å². The zero-order chi connectivity index (χ0) is 19.1. The van der Waals surface area contributed by atoms with Crippen LogP contribution >= 0.6 is 11.6 Å². The molecule has 0 aliphatic rings. The Morgan fingerprint density at radius 2 is 1.73 bits per heavy atom. The van der Waals surface area contributed by atoms with E-state index in [1.54, 1.807) is 36.4 Å². The molecule has 2 aromatic carbocycles. The van der Waals surface area contributed by atoms with Crippen LogP contribution in [0.2, 0.25) is 5.02 Å². The first-order chi connectivity index (χ1) is 12.5. The number of amides is 2. The number of ether oxygens (including phenoxy) is 2. The van der Waals surface area contributed by atoms with Crippen LogP contribution in [0.4, 0.5) is 5.69 Å². The molecule has 0 unspecified atom stereocenters. The predicted molar refractivity (Wildman–Crippen MR) is 101 cm³/mol. The van der Waals surface area contributed by atoms with Crippen LogP contribution in [0.25, 0.3) is 0 Å². The lowest BCUT2D eigenvalue weighted by Crippen LogP contribution is -2.23. The van der Waals surface area contributed by atoms with Crippen molar-refractivity contribution in [1.82, 2.24) is 5.32 Å². The second-order valence-corrected chi connectivity index (χ2v) is 5.63. The molecule has 0 aromatic heterocycles. The van der Waals surface area contributed by atoms with Crippen molar-refractivity contribution >= 4 is 29.1 Å². The monoisotopic (exact) mass is 374 g/mol. The standard InChI is InChI=1S/C19H19ClN2O4/c1-4-8-21-18(23)12-6-5-7-13(9-12)19(24)22-15-11-16(25-2)14(20)10-17(15)26-3/h4-7,9-11H,1,8H2,2-3H3,(H,21,23)(H,22,24). The van der Waals surface area contributed by atoms with E-state index in [0.29, 0.717) is 39.9 Å². The van der Waals surface area contributed by atoms with Gasteiger partial charge in [0.05, 0.1) is 24.9 Å². The van der Waals surface area contributed by atoms with E-state index >= 15 is 0 Å². The molecule has 0 bridgehead atoms. The van der Waals surface area contributed by atoms with Crippen molar-refractivity contribution < 1.29 is 19.1 Å². The summed E-state index contributed by atoms with van der Waals surface area (Å²) in [6.45, 7) is 3.89. The number of halogens is 1. The minimum Gasteiger partial charge on any atom is -0.495 e. The smallest absolute Gasteiger partial charge is 0.255 e. The van der Waals surface area contributed by atoms with Gasteiger partial charge in [0.15, 0.2) is 0 Å². The van der Waals surface area contributed by atoms with Crippen LogP contribution in [0.15, 0.2) is 49.1 Å². The normalized spacial score (nSPS) is 9.96. The number of benzene rings is 2. The van der Waals surface area contributed by atoms with E-state index in [-0.39, 0.29) is 5.91 Å². The molecule has 0 saturated heterocycles. The lowest BCUT2D eigenvalue weighted by Gasteiger charge is -2.13. The number of methoxy groups -OCH3 is 2. The highest BCUT2D eigenvalue weighted by Crippen LogP contribution is 2.36. The van der Waals surface area contributed by atoms with Gasteiger partial charge in [-0.2, -0.15) is 0 Å². The number of anilines is 1. The highest BCUT2D eigenvalue weighted by molar-refractivity contribution is 6.32. The molecule has 0 heterocycles. The van der Waals surface area contributed by atoms with Gasteiger partial charge in [-0.25, -0.2) is 0 Å². The van der Waals surface area contributed by atoms with Crippen molar-refractivity contribution in [2.45, 2.75) is 0 Å². The number of carbonyl (C=O) groups is 2. The van der Waals surface area contributed by atoms with Crippen LogP contribution in [0.5, 0.6) is 11.5 Å². The van der Waals surface area contributed by atoms with E-state index in [1.807, 2.05) is 0 Å². The topological polar surface area (TPSA) is 76.7 Å². The van der Waals surface area contributed by atoms with E-state index in [1.165, 1.54) is 20.3 Å². The van der Waals surface area contributed by atoms with E-state index in [2.05, 4.69) is 17.2 Å². The van der Waals surface area contributed by atoms with Crippen molar-refractivity contribution in [2.24, 2.45) is 0 Å². The van der Waals surface area contributed by atoms with Crippen molar-refractivity contribution in [3.05, 3.63) is 65.2 Å². The van der Waals surface area contributed by atoms with Crippen molar-refractivity contribution in [3.63, 3.8) is 0 Å². The molecular formula is C19H19ClN2O4. The molecule has 2 amide bonds. The molecule has 2 aromatic rings. The Morgan fingerprint density at radius 3 is 2.35 bits per heavy atom. The second-order valence-electron chi connectivity index (χ2n) is 5.22. The molecule has 0 aliphatic carbocycles. The Balaban J connectivity index is 2.25. The van der Waals surface area contributed by atoms with E-state index in [4.69, 9.17) is 21.1 Å². The van der Waals surface area contributed by atoms with Crippen LogP contribution in [0, 0.1) is 0 Å². The number of rotatable bonds is 7. The minimum absolute atomic E-state index is 0.287. The summed E-state index contributed by atoms with van der Waals surface area (Å²) >= 11 is 6.06. The van der Waals surface area contributed by atoms with Crippen LogP contribution in [0.3, 0.4) is 0 Å². The van der Waals surface area contributed by atoms with Crippen molar-refractivity contribution in [1.29, 1.82) is 0 Å². The minimum atomic E-state index is -0.397. The van der Waals surface area contributed by atoms with Gasteiger partial charge in [0.2, 0.25) is 0 Å². The van der Waals surface area contributed by atoms with Crippen molar-refractivity contribution in [2.75, 3.05) is 26.1 Å². The molecule has 2 rings (SSSR count). The third kappa shape index (κ3) is 4.55. The number of hydrogen-bond acceptors (Lipinski definition) is 4. The first-order valence-corrected chi connectivity index (χ1v) is 8.10. The van der Waals surface area contributed by atoms with Crippen molar-refractivity contribution in [3.8, 4) is 11.5 Å². The summed E-state index contributed by atoms with van der Waals surface area (Å²) in [5, 5.41) is 5.77. The zero-order valence-corrected chi connectivity index (χ0v) is 15.2. The maximum absolute atomic E-state index is 12.6. The van der Waals surface area contributed by atoms with Gasteiger partial charge < -0.3 is 20.1 Å². The number of hydrogen-bond donors (Lipinski definition) is 2. The van der Waals surface area contributed by atoms with Gasteiger partial charge in [-0.15, -0.1) is 6.58 Å². The SMILES string of the molecule is C=CCNC(=O)c1cccc(C(=O)Nc2cc(OC)c(Cl)cc2OC)c1. The molecule has 0 radical (unpaired) electrons. The molecule has 136 valence electrons. The molecule has 0 spiro atoms.